The summed E-state index contributed by atoms with van der Waals surface area (Å²) < 4.78 is 39.8. The number of nitrogens with one attached hydrogen (secondary N) is 1. The topological polar surface area (TPSA) is 59.4 Å². The van der Waals surface area contributed by atoms with Crippen molar-refractivity contribution in [2.75, 3.05) is 0 Å². The number of nitrogens with zero attached hydrogens (tertiary/aromatic N) is 4. The van der Waals surface area contributed by atoms with Crippen LogP contribution in [-0.2, 0) is 13.0 Å². The lowest BCUT2D eigenvalue weighted by molar-refractivity contribution is -0.141. The number of rotatable bonds is 5. The summed E-state index contributed by atoms with van der Waals surface area (Å²) in [5, 5.41) is 9.85. The van der Waals surface area contributed by atoms with E-state index in [0.29, 0.717) is 35.2 Å². The lowest BCUT2D eigenvalue weighted by Crippen LogP contribution is -2.19. The minimum Gasteiger partial charge on any atom is -0.339 e. The molecule has 0 bridgehead atoms. The number of aromatic amines is 1. The van der Waals surface area contributed by atoms with Gasteiger partial charge in [0.2, 0.25) is 0 Å². The number of thiazole rings is 1. The molecular formula is C20H18F3N5S. The normalized spacial score (nSPS) is 11.9. The molecule has 0 atom stereocenters. The van der Waals surface area contributed by atoms with Gasteiger partial charge in [-0.25, -0.2) is 9.97 Å². The van der Waals surface area contributed by atoms with Crippen LogP contribution >= 0.6 is 11.3 Å². The maximum Gasteiger partial charge on any atom is 0.406 e. The van der Waals surface area contributed by atoms with Crippen LogP contribution in [0.3, 0.4) is 0 Å². The van der Waals surface area contributed by atoms with Gasteiger partial charge in [0.05, 0.1) is 12.1 Å². The maximum absolute atomic E-state index is 12.8. The Hall–Kier alpha value is -2.94. The van der Waals surface area contributed by atoms with Crippen LogP contribution in [0.2, 0.25) is 0 Å². The first-order valence-electron chi connectivity index (χ1n) is 8.95. The van der Waals surface area contributed by atoms with E-state index in [0.717, 1.165) is 16.1 Å². The summed E-state index contributed by atoms with van der Waals surface area (Å²) in [6, 6.07) is 11.4. The summed E-state index contributed by atoms with van der Waals surface area (Å²) in [7, 11) is 0. The highest BCUT2D eigenvalue weighted by Gasteiger charge is 2.30. The molecule has 29 heavy (non-hydrogen) atoms. The number of hydrogen-bond acceptors (Lipinski definition) is 4. The van der Waals surface area contributed by atoms with Crippen molar-refractivity contribution >= 4 is 11.3 Å². The molecule has 1 N–H and O–H groups in total. The molecule has 1 aromatic carbocycles. The van der Waals surface area contributed by atoms with Crippen molar-refractivity contribution in [1.82, 2.24) is 24.7 Å². The van der Waals surface area contributed by atoms with Crippen molar-refractivity contribution in [2.45, 2.75) is 33.0 Å². The Morgan fingerprint density at radius 3 is 2.59 bits per heavy atom. The highest BCUT2D eigenvalue weighted by molar-refractivity contribution is 7.10. The molecule has 5 nitrogen and oxygen atoms in total. The van der Waals surface area contributed by atoms with E-state index in [2.05, 4.69) is 20.2 Å². The molecular weight excluding hydrogens is 399 g/mol. The average molecular weight is 417 g/mol. The molecule has 3 heterocycles. The highest BCUT2D eigenvalue weighted by Crippen LogP contribution is 2.31. The first-order valence-corrected chi connectivity index (χ1v) is 9.83. The SMILES string of the molecule is Cc1cc(-c2csc(Cc3nc(-c4ccccc4)n[nH]3)n2)c(C)n1CC(F)(F)F. The van der Waals surface area contributed by atoms with Crippen molar-refractivity contribution in [3.05, 3.63) is 64.0 Å². The van der Waals surface area contributed by atoms with Crippen LogP contribution in [0.4, 0.5) is 13.2 Å². The van der Waals surface area contributed by atoms with Gasteiger partial charge >= 0.3 is 6.18 Å². The molecule has 4 rings (SSSR count). The molecule has 0 fully saturated rings. The fourth-order valence-corrected chi connectivity index (χ4v) is 4.03. The van der Waals surface area contributed by atoms with E-state index in [1.165, 1.54) is 15.9 Å². The van der Waals surface area contributed by atoms with Crippen molar-refractivity contribution in [3.8, 4) is 22.6 Å². The van der Waals surface area contributed by atoms with E-state index in [1.54, 1.807) is 19.9 Å². The zero-order valence-corrected chi connectivity index (χ0v) is 16.6. The summed E-state index contributed by atoms with van der Waals surface area (Å²) in [5.41, 5.74) is 3.44. The van der Waals surface area contributed by atoms with Gasteiger partial charge in [-0.3, -0.25) is 5.10 Å². The zero-order valence-electron chi connectivity index (χ0n) is 15.8. The minimum atomic E-state index is -4.26. The molecule has 0 amide bonds. The van der Waals surface area contributed by atoms with E-state index in [1.807, 2.05) is 35.7 Å². The summed E-state index contributed by atoms with van der Waals surface area (Å²) in [5.74, 6) is 1.31. The number of alkyl halides is 3. The van der Waals surface area contributed by atoms with Gasteiger partial charge in [-0.2, -0.15) is 18.3 Å². The molecule has 0 unspecified atom stereocenters. The molecule has 3 aromatic heterocycles. The van der Waals surface area contributed by atoms with E-state index in [-0.39, 0.29) is 0 Å². The molecule has 150 valence electrons. The van der Waals surface area contributed by atoms with E-state index >= 15 is 0 Å². The Bertz CT molecular complexity index is 1120. The van der Waals surface area contributed by atoms with Crippen LogP contribution in [0.25, 0.3) is 22.6 Å². The highest BCUT2D eigenvalue weighted by atomic mass is 32.1. The molecule has 0 aliphatic rings. The van der Waals surface area contributed by atoms with Crippen LogP contribution in [0, 0.1) is 13.8 Å². The second kappa shape index (κ2) is 7.47. The second-order valence-corrected chi connectivity index (χ2v) is 7.70. The smallest absolute Gasteiger partial charge is 0.339 e. The first kappa shape index (κ1) is 19.4. The number of hydrogen-bond donors (Lipinski definition) is 1. The number of aromatic nitrogens is 5. The first-order chi connectivity index (χ1) is 13.8. The largest absolute Gasteiger partial charge is 0.406 e. The Morgan fingerprint density at radius 1 is 1.10 bits per heavy atom. The third-order valence-electron chi connectivity index (χ3n) is 4.62. The van der Waals surface area contributed by atoms with Gasteiger partial charge in [-0.05, 0) is 19.9 Å². The molecule has 0 aliphatic heterocycles. The third-order valence-corrected chi connectivity index (χ3v) is 5.47. The van der Waals surface area contributed by atoms with Crippen LogP contribution in [-0.4, -0.2) is 30.9 Å². The van der Waals surface area contributed by atoms with Gasteiger partial charge in [-0.1, -0.05) is 30.3 Å². The van der Waals surface area contributed by atoms with Gasteiger partial charge < -0.3 is 4.57 Å². The number of benzene rings is 1. The lowest BCUT2D eigenvalue weighted by atomic mass is 10.2. The average Bonchev–Trinajstić information content (AvgIpc) is 3.38. The molecule has 0 spiro atoms. The summed E-state index contributed by atoms with van der Waals surface area (Å²) in [6.45, 7) is 2.37. The number of halogens is 3. The van der Waals surface area contributed by atoms with Crippen LogP contribution in [0.15, 0.2) is 41.8 Å². The van der Waals surface area contributed by atoms with Crippen molar-refractivity contribution in [3.63, 3.8) is 0 Å². The van der Waals surface area contributed by atoms with Gasteiger partial charge in [0.25, 0.3) is 0 Å². The summed E-state index contributed by atoms with van der Waals surface area (Å²) >= 11 is 1.45. The van der Waals surface area contributed by atoms with Crippen LogP contribution < -0.4 is 0 Å². The lowest BCUT2D eigenvalue weighted by Gasteiger charge is -2.12. The van der Waals surface area contributed by atoms with Crippen molar-refractivity contribution < 1.29 is 13.2 Å². The van der Waals surface area contributed by atoms with Crippen LogP contribution in [0.1, 0.15) is 22.2 Å². The predicted octanol–water partition coefficient (Wildman–Crippen LogP) is 5.17. The summed E-state index contributed by atoms with van der Waals surface area (Å²) in [4.78, 5) is 9.11. The van der Waals surface area contributed by atoms with Gasteiger partial charge in [-0.15, -0.1) is 11.3 Å². The number of aryl methyl sites for hydroxylation is 1. The zero-order chi connectivity index (χ0) is 20.6. The monoisotopic (exact) mass is 417 g/mol. The second-order valence-electron chi connectivity index (χ2n) is 6.76. The van der Waals surface area contributed by atoms with E-state index in [4.69, 9.17) is 0 Å². The molecule has 4 aromatic rings. The van der Waals surface area contributed by atoms with Crippen LogP contribution in [0.5, 0.6) is 0 Å². The minimum absolute atomic E-state index is 0.478. The molecule has 9 heteroatoms. The van der Waals surface area contributed by atoms with E-state index in [9.17, 15) is 13.2 Å². The van der Waals surface area contributed by atoms with Gasteiger partial charge in [0, 0.05) is 27.9 Å². The Morgan fingerprint density at radius 2 is 1.86 bits per heavy atom. The quantitative estimate of drug-likeness (QED) is 0.488. The van der Waals surface area contributed by atoms with Crippen molar-refractivity contribution in [1.29, 1.82) is 0 Å². The fraction of sp³-hybridized carbons (Fsp3) is 0.250. The molecule has 0 aliphatic carbocycles. The van der Waals surface area contributed by atoms with Crippen molar-refractivity contribution in [2.24, 2.45) is 0 Å². The number of H-pyrrole nitrogens is 1. The van der Waals surface area contributed by atoms with Gasteiger partial charge in [0.15, 0.2) is 5.82 Å². The fourth-order valence-electron chi connectivity index (χ4n) is 3.23. The Kier molecular flexibility index (Phi) is 4.99. The molecule has 0 radical (unpaired) electrons. The Balaban J connectivity index is 1.54. The predicted molar refractivity (Wildman–Crippen MR) is 106 cm³/mol. The standard InChI is InChI=1S/C20H18F3N5S/c1-12-8-15(13(2)28(12)11-20(21,22)23)16-10-29-18(24-16)9-17-25-19(27-26-17)14-6-4-3-5-7-14/h3-8,10H,9,11H2,1-2H3,(H,25,26,27). The maximum atomic E-state index is 12.8. The van der Waals surface area contributed by atoms with E-state index < -0.39 is 12.7 Å². The summed E-state index contributed by atoms with van der Waals surface area (Å²) in [6.07, 6.45) is -3.78. The molecule has 0 saturated carbocycles. The van der Waals surface area contributed by atoms with Gasteiger partial charge in [0.1, 0.15) is 17.4 Å². The Labute approximate surface area is 169 Å². The molecule has 0 saturated heterocycles. The third kappa shape index (κ3) is 4.24.